The number of anilines is 1. The summed E-state index contributed by atoms with van der Waals surface area (Å²) in [6.07, 6.45) is 5.24. The number of carbonyl (C=O) groups excluding carboxylic acids is 1. The Labute approximate surface area is 175 Å². The number of benzene rings is 1. The largest absolute Gasteiger partial charge is 0.372 e. The van der Waals surface area contributed by atoms with Crippen LogP contribution >= 0.6 is 0 Å². The predicted molar refractivity (Wildman–Crippen MR) is 120 cm³/mol. The van der Waals surface area contributed by atoms with Crippen molar-refractivity contribution in [3.8, 4) is 0 Å². The first kappa shape index (κ1) is 21.5. The van der Waals surface area contributed by atoms with Gasteiger partial charge in [0.2, 0.25) is 5.91 Å². The highest BCUT2D eigenvalue weighted by atomic mass is 16.2. The molecular formula is C23H37N5O. The number of carbonyl (C=O) groups is 1. The first-order chi connectivity index (χ1) is 14.2. The number of nitrogens with one attached hydrogen (secondary N) is 2. The van der Waals surface area contributed by atoms with Gasteiger partial charge in [0.1, 0.15) is 0 Å². The number of likely N-dealkylation sites (tertiary alicyclic amines) is 1. The molecule has 3 rings (SSSR count). The monoisotopic (exact) mass is 399 g/mol. The molecule has 0 bridgehead atoms. The fourth-order valence-corrected chi connectivity index (χ4v) is 4.01. The molecule has 6 heteroatoms. The van der Waals surface area contributed by atoms with E-state index in [0.29, 0.717) is 18.9 Å². The van der Waals surface area contributed by atoms with E-state index in [1.165, 1.54) is 24.1 Å². The number of hydrogen-bond acceptors (Lipinski definition) is 3. The highest BCUT2D eigenvalue weighted by Gasteiger charge is 2.19. The highest BCUT2D eigenvalue weighted by Crippen LogP contribution is 2.23. The summed E-state index contributed by atoms with van der Waals surface area (Å²) in [6.45, 7) is 10.8. The molecule has 2 aliphatic heterocycles. The molecule has 0 unspecified atom stereocenters. The minimum Gasteiger partial charge on any atom is -0.372 e. The number of hydrogen-bond donors (Lipinski definition) is 2. The van der Waals surface area contributed by atoms with Crippen LogP contribution in [0.1, 0.15) is 51.5 Å². The lowest BCUT2D eigenvalue weighted by Crippen LogP contribution is -2.39. The predicted octanol–water partition coefficient (Wildman–Crippen LogP) is 2.99. The van der Waals surface area contributed by atoms with E-state index >= 15 is 0 Å². The van der Waals surface area contributed by atoms with Crippen LogP contribution in [0.15, 0.2) is 29.3 Å². The van der Waals surface area contributed by atoms with Crippen LogP contribution < -0.4 is 15.5 Å². The van der Waals surface area contributed by atoms with Crippen molar-refractivity contribution in [3.63, 3.8) is 0 Å². The molecular weight excluding hydrogens is 362 g/mol. The maximum absolute atomic E-state index is 11.7. The first-order valence-corrected chi connectivity index (χ1v) is 11.3. The van der Waals surface area contributed by atoms with Crippen molar-refractivity contribution in [2.75, 3.05) is 44.2 Å². The van der Waals surface area contributed by atoms with E-state index in [0.717, 1.165) is 64.0 Å². The van der Waals surface area contributed by atoms with Gasteiger partial charge in [0.25, 0.3) is 0 Å². The number of aliphatic imine (C=N–C) groups is 1. The Morgan fingerprint density at radius 1 is 1.14 bits per heavy atom. The number of rotatable bonds is 8. The number of piperidine rings is 1. The molecule has 160 valence electrons. The Hall–Kier alpha value is -2.24. The number of nitrogens with zero attached hydrogens (tertiary/aromatic N) is 3. The van der Waals surface area contributed by atoms with Gasteiger partial charge in [-0.1, -0.05) is 19.1 Å². The fourth-order valence-electron chi connectivity index (χ4n) is 4.01. The molecule has 1 aromatic carbocycles. The summed E-state index contributed by atoms with van der Waals surface area (Å²) < 4.78 is 0. The zero-order chi connectivity index (χ0) is 20.5. The molecule has 1 amide bonds. The molecule has 2 saturated heterocycles. The van der Waals surface area contributed by atoms with Crippen LogP contribution in [-0.2, 0) is 11.3 Å². The third-order valence-corrected chi connectivity index (χ3v) is 5.92. The highest BCUT2D eigenvalue weighted by molar-refractivity contribution is 5.80. The number of amides is 1. The summed E-state index contributed by atoms with van der Waals surface area (Å²) >= 11 is 0. The maximum Gasteiger partial charge on any atom is 0.222 e. The SMILES string of the molecule is CCNC(=NCc1ccc(N2CCC(C)CC2)cc1)NCCCN1CCCC1=O. The van der Waals surface area contributed by atoms with Gasteiger partial charge in [0, 0.05) is 51.4 Å². The van der Waals surface area contributed by atoms with Gasteiger partial charge in [-0.15, -0.1) is 0 Å². The van der Waals surface area contributed by atoms with Crippen LogP contribution in [0.2, 0.25) is 0 Å². The summed E-state index contributed by atoms with van der Waals surface area (Å²) in [5.74, 6) is 2.00. The van der Waals surface area contributed by atoms with E-state index in [-0.39, 0.29) is 0 Å². The average molecular weight is 400 g/mol. The van der Waals surface area contributed by atoms with Crippen LogP contribution in [-0.4, -0.2) is 56.0 Å². The van der Waals surface area contributed by atoms with Crippen molar-refractivity contribution >= 4 is 17.6 Å². The minimum atomic E-state index is 0.299. The molecule has 0 aromatic heterocycles. The van der Waals surface area contributed by atoms with Crippen molar-refractivity contribution in [2.24, 2.45) is 10.9 Å². The van der Waals surface area contributed by atoms with Crippen LogP contribution in [0, 0.1) is 5.92 Å². The smallest absolute Gasteiger partial charge is 0.222 e. The van der Waals surface area contributed by atoms with Gasteiger partial charge in [-0.05, 0) is 56.2 Å². The number of guanidine groups is 1. The lowest BCUT2D eigenvalue weighted by Gasteiger charge is -2.32. The molecule has 0 atom stereocenters. The molecule has 29 heavy (non-hydrogen) atoms. The van der Waals surface area contributed by atoms with Gasteiger partial charge in [0.15, 0.2) is 5.96 Å². The standard InChI is InChI=1S/C23H37N5O/c1-3-24-23(25-13-5-15-28-14-4-6-22(28)29)26-18-20-7-9-21(10-8-20)27-16-11-19(2)12-17-27/h7-10,19H,3-6,11-18H2,1-2H3,(H2,24,25,26). The summed E-state index contributed by atoms with van der Waals surface area (Å²) in [4.78, 5) is 20.8. The van der Waals surface area contributed by atoms with Gasteiger partial charge in [0.05, 0.1) is 6.54 Å². The Morgan fingerprint density at radius 3 is 2.55 bits per heavy atom. The molecule has 0 radical (unpaired) electrons. The van der Waals surface area contributed by atoms with E-state index in [9.17, 15) is 4.79 Å². The Kier molecular flexibility index (Phi) is 8.20. The van der Waals surface area contributed by atoms with Crippen molar-refractivity contribution < 1.29 is 4.79 Å². The van der Waals surface area contributed by atoms with Gasteiger partial charge >= 0.3 is 0 Å². The quantitative estimate of drug-likeness (QED) is 0.401. The fraction of sp³-hybridized carbons (Fsp3) is 0.652. The molecule has 2 aliphatic rings. The Bertz CT molecular complexity index is 664. The molecule has 6 nitrogen and oxygen atoms in total. The molecule has 2 N–H and O–H groups in total. The van der Waals surface area contributed by atoms with Crippen LogP contribution in [0.3, 0.4) is 0 Å². The zero-order valence-corrected chi connectivity index (χ0v) is 18.1. The van der Waals surface area contributed by atoms with Crippen LogP contribution in [0.4, 0.5) is 5.69 Å². The second-order valence-corrected chi connectivity index (χ2v) is 8.30. The molecule has 0 saturated carbocycles. The van der Waals surface area contributed by atoms with Crippen LogP contribution in [0.5, 0.6) is 0 Å². The topological polar surface area (TPSA) is 60.0 Å². The third kappa shape index (κ3) is 6.65. The maximum atomic E-state index is 11.7. The second kappa shape index (κ2) is 11.1. The van der Waals surface area contributed by atoms with E-state index in [2.05, 4.69) is 53.6 Å². The summed E-state index contributed by atoms with van der Waals surface area (Å²) in [5.41, 5.74) is 2.55. The van der Waals surface area contributed by atoms with Gasteiger partial charge in [-0.2, -0.15) is 0 Å². The van der Waals surface area contributed by atoms with Gasteiger partial charge < -0.3 is 20.4 Å². The van der Waals surface area contributed by atoms with Crippen molar-refractivity contribution in [1.29, 1.82) is 0 Å². The minimum absolute atomic E-state index is 0.299. The first-order valence-electron chi connectivity index (χ1n) is 11.3. The van der Waals surface area contributed by atoms with Crippen LogP contribution in [0.25, 0.3) is 0 Å². The van der Waals surface area contributed by atoms with Crippen molar-refractivity contribution in [2.45, 2.75) is 52.5 Å². The van der Waals surface area contributed by atoms with Crippen molar-refractivity contribution in [3.05, 3.63) is 29.8 Å². The third-order valence-electron chi connectivity index (χ3n) is 5.92. The van der Waals surface area contributed by atoms with Crippen molar-refractivity contribution in [1.82, 2.24) is 15.5 Å². The van der Waals surface area contributed by atoms with E-state index in [1.54, 1.807) is 0 Å². The molecule has 2 heterocycles. The lowest BCUT2D eigenvalue weighted by molar-refractivity contribution is -0.127. The Morgan fingerprint density at radius 2 is 1.90 bits per heavy atom. The second-order valence-electron chi connectivity index (χ2n) is 8.30. The van der Waals surface area contributed by atoms with E-state index in [1.807, 2.05) is 4.90 Å². The molecule has 2 fully saturated rings. The molecule has 0 aliphatic carbocycles. The molecule has 0 spiro atoms. The Balaban J connectivity index is 1.44. The lowest BCUT2D eigenvalue weighted by atomic mass is 9.99. The average Bonchev–Trinajstić information content (AvgIpc) is 3.15. The zero-order valence-electron chi connectivity index (χ0n) is 18.1. The van der Waals surface area contributed by atoms with E-state index in [4.69, 9.17) is 4.99 Å². The van der Waals surface area contributed by atoms with Gasteiger partial charge in [-0.25, -0.2) is 4.99 Å². The van der Waals surface area contributed by atoms with E-state index < -0.39 is 0 Å². The van der Waals surface area contributed by atoms with Gasteiger partial charge in [-0.3, -0.25) is 4.79 Å². The normalized spacial score (nSPS) is 18.4. The summed E-state index contributed by atoms with van der Waals surface area (Å²) in [5, 5.41) is 6.70. The summed E-state index contributed by atoms with van der Waals surface area (Å²) in [7, 11) is 0. The summed E-state index contributed by atoms with van der Waals surface area (Å²) in [6, 6.07) is 8.85. The molecule has 1 aromatic rings.